The smallest absolute Gasteiger partial charge is 0.0962 e. The lowest BCUT2D eigenvalue weighted by molar-refractivity contribution is -0.126. The molecule has 5 unspecified atom stereocenters. The van der Waals surface area contributed by atoms with Crippen molar-refractivity contribution in [3.8, 4) is 0 Å². The molecule has 2 rings (SSSR count). The molecule has 3 N–H and O–H groups in total. The Morgan fingerprint density at radius 1 is 1.33 bits per heavy atom. The fourth-order valence-electron chi connectivity index (χ4n) is 3.96. The SMILES string of the molecule is CC1=CCC2(C)CC(O)C(O)(C(C)C)C2CC1O. The quantitative estimate of drug-likeness (QED) is 0.626. The predicted molar refractivity (Wildman–Crippen MR) is 71.0 cm³/mol. The summed E-state index contributed by atoms with van der Waals surface area (Å²) in [6.45, 7) is 7.97. The Labute approximate surface area is 110 Å². The van der Waals surface area contributed by atoms with Crippen molar-refractivity contribution >= 4 is 0 Å². The first-order valence-corrected chi connectivity index (χ1v) is 6.97. The van der Waals surface area contributed by atoms with Gasteiger partial charge in [-0.05, 0) is 49.0 Å². The van der Waals surface area contributed by atoms with Gasteiger partial charge in [-0.15, -0.1) is 0 Å². The molecule has 0 radical (unpaired) electrons. The van der Waals surface area contributed by atoms with E-state index in [0.717, 1.165) is 12.0 Å². The fourth-order valence-corrected chi connectivity index (χ4v) is 3.96. The monoisotopic (exact) mass is 254 g/mol. The molecule has 5 atom stereocenters. The Morgan fingerprint density at radius 3 is 2.50 bits per heavy atom. The largest absolute Gasteiger partial charge is 0.390 e. The number of fused-ring (bicyclic) bond motifs is 1. The van der Waals surface area contributed by atoms with Crippen LogP contribution >= 0.6 is 0 Å². The second-order valence-corrected chi connectivity index (χ2v) is 6.87. The van der Waals surface area contributed by atoms with Crippen LogP contribution in [0.4, 0.5) is 0 Å². The van der Waals surface area contributed by atoms with Crippen LogP contribution in [0.15, 0.2) is 11.6 Å². The molecule has 0 aromatic rings. The summed E-state index contributed by atoms with van der Waals surface area (Å²) in [6.07, 6.45) is 2.88. The van der Waals surface area contributed by atoms with Crippen LogP contribution in [0.25, 0.3) is 0 Å². The van der Waals surface area contributed by atoms with Gasteiger partial charge in [0.2, 0.25) is 0 Å². The predicted octanol–water partition coefficient (Wildman–Crippen LogP) is 1.86. The van der Waals surface area contributed by atoms with Gasteiger partial charge in [0.05, 0.1) is 17.8 Å². The van der Waals surface area contributed by atoms with Gasteiger partial charge in [-0.25, -0.2) is 0 Å². The molecular formula is C15H26O3. The van der Waals surface area contributed by atoms with Crippen LogP contribution < -0.4 is 0 Å². The Kier molecular flexibility index (Phi) is 3.37. The maximum Gasteiger partial charge on any atom is 0.0962 e. The van der Waals surface area contributed by atoms with Crippen LogP contribution in [0.2, 0.25) is 0 Å². The normalized spacial score (nSPS) is 48.9. The lowest BCUT2D eigenvalue weighted by Gasteiger charge is -2.41. The summed E-state index contributed by atoms with van der Waals surface area (Å²) in [7, 11) is 0. The molecule has 1 fully saturated rings. The molecule has 0 spiro atoms. The van der Waals surface area contributed by atoms with E-state index in [-0.39, 0.29) is 17.3 Å². The second-order valence-electron chi connectivity index (χ2n) is 6.87. The number of aliphatic hydroxyl groups excluding tert-OH is 2. The lowest BCUT2D eigenvalue weighted by atomic mass is 9.68. The third-order valence-electron chi connectivity index (χ3n) is 5.39. The number of hydrogen-bond donors (Lipinski definition) is 3. The summed E-state index contributed by atoms with van der Waals surface area (Å²) in [5.74, 6) is -0.0615. The lowest BCUT2D eigenvalue weighted by Crippen LogP contribution is -2.50. The maximum atomic E-state index is 10.9. The molecule has 0 amide bonds. The van der Waals surface area contributed by atoms with Gasteiger partial charge in [0, 0.05) is 0 Å². The number of hydrogen-bond acceptors (Lipinski definition) is 3. The molecule has 0 saturated heterocycles. The highest BCUT2D eigenvalue weighted by Gasteiger charge is 2.60. The fraction of sp³-hybridized carbons (Fsp3) is 0.867. The van der Waals surface area contributed by atoms with E-state index in [1.54, 1.807) is 0 Å². The zero-order valence-electron chi connectivity index (χ0n) is 11.8. The van der Waals surface area contributed by atoms with Gasteiger partial charge in [-0.2, -0.15) is 0 Å². The van der Waals surface area contributed by atoms with E-state index in [9.17, 15) is 15.3 Å². The van der Waals surface area contributed by atoms with Gasteiger partial charge < -0.3 is 15.3 Å². The summed E-state index contributed by atoms with van der Waals surface area (Å²) in [6, 6.07) is 0. The number of rotatable bonds is 1. The third-order valence-corrected chi connectivity index (χ3v) is 5.39. The van der Waals surface area contributed by atoms with Crippen LogP contribution in [0.5, 0.6) is 0 Å². The summed E-state index contributed by atoms with van der Waals surface area (Å²) in [5.41, 5.74) is -0.197. The Morgan fingerprint density at radius 2 is 1.94 bits per heavy atom. The highest BCUT2D eigenvalue weighted by atomic mass is 16.3. The molecule has 1 saturated carbocycles. The Balaban J connectivity index is 2.41. The van der Waals surface area contributed by atoms with Crippen molar-refractivity contribution in [3.05, 3.63) is 11.6 Å². The molecule has 0 aromatic carbocycles. The van der Waals surface area contributed by atoms with E-state index >= 15 is 0 Å². The van der Waals surface area contributed by atoms with Crippen LogP contribution in [0.3, 0.4) is 0 Å². The van der Waals surface area contributed by atoms with Crippen molar-refractivity contribution in [2.45, 2.75) is 64.8 Å². The highest BCUT2D eigenvalue weighted by molar-refractivity contribution is 5.18. The molecule has 3 heteroatoms. The van der Waals surface area contributed by atoms with Crippen molar-refractivity contribution in [1.82, 2.24) is 0 Å². The van der Waals surface area contributed by atoms with Gasteiger partial charge >= 0.3 is 0 Å². The maximum absolute atomic E-state index is 10.9. The van der Waals surface area contributed by atoms with E-state index in [4.69, 9.17) is 0 Å². The third kappa shape index (κ3) is 1.84. The minimum atomic E-state index is -1.08. The highest BCUT2D eigenvalue weighted by Crippen LogP contribution is 2.57. The number of aliphatic hydroxyl groups is 3. The van der Waals surface area contributed by atoms with E-state index in [1.807, 2.05) is 20.8 Å². The first kappa shape index (κ1) is 14.0. The molecule has 104 valence electrons. The molecule has 0 bridgehead atoms. The van der Waals surface area contributed by atoms with Gasteiger partial charge in [-0.3, -0.25) is 0 Å². The van der Waals surface area contributed by atoms with Gasteiger partial charge in [0.1, 0.15) is 0 Å². The zero-order valence-corrected chi connectivity index (χ0v) is 11.8. The van der Waals surface area contributed by atoms with Gasteiger partial charge in [-0.1, -0.05) is 26.8 Å². The van der Waals surface area contributed by atoms with E-state index in [1.165, 1.54) is 0 Å². The molecule has 18 heavy (non-hydrogen) atoms. The van der Waals surface area contributed by atoms with Crippen LogP contribution in [-0.2, 0) is 0 Å². The molecular weight excluding hydrogens is 228 g/mol. The van der Waals surface area contributed by atoms with Gasteiger partial charge in [0.25, 0.3) is 0 Å². The molecule has 0 aliphatic heterocycles. The second kappa shape index (κ2) is 4.32. The average molecular weight is 254 g/mol. The van der Waals surface area contributed by atoms with Crippen LogP contribution in [0.1, 0.15) is 47.0 Å². The summed E-state index contributed by atoms with van der Waals surface area (Å²) < 4.78 is 0. The van der Waals surface area contributed by atoms with E-state index in [2.05, 4.69) is 13.0 Å². The van der Waals surface area contributed by atoms with Crippen molar-refractivity contribution in [1.29, 1.82) is 0 Å². The molecule has 2 aliphatic rings. The molecule has 3 nitrogen and oxygen atoms in total. The number of allylic oxidation sites excluding steroid dienone is 1. The molecule has 2 aliphatic carbocycles. The molecule has 0 heterocycles. The van der Waals surface area contributed by atoms with Crippen LogP contribution in [-0.4, -0.2) is 33.1 Å². The summed E-state index contributed by atoms with van der Waals surface area (Å²) in [5, 5.41) is 31.4. The Hall–Kier alpha value is -0.380. The van der Waals surface area contributed by atoms with Crippen molar-refractivity contribution in [3.63, 3.8) is 0 Å². The Bertz CT molecular complexity index is 363. The van der Waals surface area contributed by atoms with E-state index < -0.39 is 17.8 Å². The zero-order chi connectivity index (χ0) is 13.7. The van der Waals surface area contributed by atoms with Crippen molar-refractivity contribution in [2.24, 2.45) is 17.3 Å². The van der Waals surface area contributed by atoms with Crippen molar-refractivity contribution < 1.29 is 15.3 Å². The standard InChI is InChI=1S/C15H26O3/c1-9(2)15(18)12-7-11(16)10(3)5-6-14(12,4)8-13(15)17/h5,9,11-13,16-18H,6-8H2,1-4H3. The van der Waals surface area contributed by atoms with Gasteiger partial charge in [0.15, 0.2) is 0 Å². The van der Waals surface area contributed by atoms with E-state index in [0.29, 0.717) is 12.8 Å². The minimum Gasteiger partial charge on any atom is -0.390 e. The first-order chi connectivity index (χ1) is 8.21. The summed E-state index contributed by atoms with van der Waals surface area (Å²) in [4.78, 5) is 0. The summed E-state index contributed by atoms with van der Waals surface area (Å²) >= 11 is 0. The molecule has 0 aromatic heterocycles. The first-order valence-electron chi connectivity index (χ1n) is 6.97. The topological polar surface area (TPSA) is 60.7 Å². The van der Waals surface area contributed by atoms with Crippen molar-refractivity contribution in [2.75, 3.05) is 0 Å². The average Bonchev–Trinajstić information content (AvgIpc) is 2.40. The minimum absolute atomic E-state index is 0.00932. The van der Waals surface area contributed by atoms with Crippen LogP contribution in [0, 0.1) is 17.3 Å².